The lowest BCUT2D eigenvalue weighted by Gasteiger charge is -2.37. The van der Waals surface area contributed by atoms with E-state index in [1.165, 1.54) is 12.0 Å². The molecule has 3 heterocycles. The zero-order chi connectivity index (χ0) is 26.7. The average Bonchev–Trinajstić information content (AvgIpc) is 3.18. The van der Waals surface area contributed by atoms with Gasteiger partial charge in [-0.3, -0.25) is 9.78 Å². The molecular weight excluding hydrogens is 478 g/mol. The van der Waals surface area contributed by atoms with Crippen molar-refractivity contribution in [2.45, 2.75) is 26.4 Å². The molecule has 0 unspecified atom stereocenters. The number of fused-ring (bicyclic) bond motifs is 1. The molecule has 2 amide bonds. The van der Waals surface area contributed by atoms with Crippen molar-refractivity contribution >= 4 is 40.1 Å². The molecule has 37 heavy (non-hydrogen) atoms. The van der Waals surface area contributed by atoms with Crippen molar-refractivity contribution in [1.82, 2.24) is 14.8 Å². The number of hydrogen-bond donors (Lipinski definition) is 2. The van der Waals surface area contributed by atoms with Gasteiger partial charge in [-0.05, 0) is 39.0 Å². The fourth-order valence-corrected chi connectivity index (χ4v) is 4.50. The van der Waals surface area contributed by atoms with Crippen LogP contribution in [-0.2, 0) is 19.1 Å². The van der Waals surface area contributed by atoms with E-state index in [1.54, 1.807) is 17.3 Å². The normalized spacial score (nSPS) is 16.5. The third-order valence-electron chi connectivity index (χ3n) is 6.28. The Morgan fingerprint density at radius 2 is 1.84 bits per heavy atom. The molecule has 1 fully saturated rings. The topological polar surface area (TPSA) is 125 Å². The number of carbonyl (C=O) groups is 3. The number of esters is 1. The minimum atomic E-state index is -0.599. The monoisotopic (exact) mass is 511 g/mol. The number of β-amino-alcohol motifs (C(OH)–C–C–N with tert-alkyl or cyclic N) is 1. The molecule has 1 aromatic carbocycles. The van der Waals surface area contributed by atoms with E-state index in [2.05, 4.69) is 15.2 Å². The summed E-state index contributed by atoms with van der Waals surface area (Å²) in [6.45, 7) is 7.85. The van der Waals surface area contributed by atoms with E-state index < -0.39 is 11.6 Å². The number of nitrogens with zero attached hydrogens (tertiary/aromatic N) is 4. The number of ether oxygens (including phenoxy) is 2. The maximum atomic E-state index is 13.0. The van der Waals surface area contributed by atoms with E-state index >= 15 is 0 Å². The van der Waals surface area contributed by atoms with Crippen LogP contribution in [0, 0.1) is 0 Å². The van der Waals surface area contributed by atoms with Crippen molar-refractivity contribution in [3.63, 3.8) is 0 Å². The van der Waals surface area contributed by atoms with Crippen molar-refractivity contribution in [3.8, 4) is 0 Å². The van der Waals surface area contributed by atoms with E-state index in [0.29, 0.717) is 31.9 Å². The molecule has 1 saturated heterocycles. The predicted molar refractivity (Wildman–Crippen MR) is 138 cm³/mol. The van der Waals surface area contributed by atoms with Gasteiger partial charge < -0.3 is 34.6 Å². The van der Waals surface area contributed by atoms with Crippen LogP contribution in [0.2, 0.25) is 0 Å². The van der Waals surface area contributed by atoms with Crippen LogP contribution in [0.3, 0.4) is 0 Å². The first kappa shape index (κ1) is 26.2. The van der Waals surface area contributed by atoms with E-state index in [0.717, 1.165) is 16.5 Å². The Morgan fingerprint density at radius 3 is 2.49 bits per heavy atom. The number of methoxy groups -OCH3 is 1. The van der Waals surface area contributed by atoms with Crippen LogP contribution in [0.25, 0.3) is 10.8 Å². The summed E-state index contributed by atoms with van der Waals surface area (Å²) < 4.78 is 10.4. The number of benzene rings is 1. The predicted octanol–water partition coefficient (Wildman–Crippen LogP) is 1.97. The number of aromatic nitrogens is 1. The molecule has 0 bridgehead atoms. The van der Waals surface area contributed by atoms with Crippen LogP contribution in [0.4, 0.5) is 16.2 Å². The van der Waals surface area contributed by atoms with Gasteiger partial charge in [0.1, 0.15) is 11.3 Å². The molecule has 2 aromatic rings. The first-order valence-corrected chi connectivity index (χ1v) is 12.2. The van der Waals surface area contributed by atoms with Crippen LogP contribution in [-0.4, -0.2) is 96.4 Å². The van der Waals surface area contributed by atoms with Crippen molar-refractivity contribution < 1.29 is 29.0 Å². The summed E-state index contributed by atoms with van der Waals surface area (Å²) in [5.41, 5.74) is 1.40. The SMILES string of the molecule is COC(=O)C1=C(Nc2ccc(N3CCN(C(=O)OC(C)(C)C)CC3)c3ccncc23)C(=O)N(CCO)C1. The Balaban J connectivity index is 1.58. The molecule has 0 saturated carbocycles. The Kier molecular flexibility index (Phi) is 7.53. The highest BCUT2D eigenvalue weighted by atomic mass is 16.6. The summed E-state index contributed by atoms with van der Waals surface area (Å²) in [5.74, 6) is -0.980. The van der Waals surface area contributed by atoms with Gasteiger partial charge in [0.2, 0.25) is 0 Å². The van der Waals surface area contributed by atoms with E-state index in [-0.39, 0.29) is 43.0 Å². The quantitative estimate of drug-likeness (QED) is 0.560. The number of carbonyl (C=O) groups excluding carboxylic acids is 3. The van der Waals surface area contributed by atoms with E-state index in [1.807, 2.05) is 39.0 Å². The molecule has 2 N–H and O–H groups in total. The second-order valence-corrected chi connectivity index (χ2v) is 9.93. The van der Waals surface area contributed by atoms with Gasteiger partial charge >= 0.3 is 12.1 Å². The number of aliphatic hydroxyl groups excluding tert-OH is 1. The van der Waals surface area contributed by atoms with Gasteiger partial charge in [-0.25, -0.2) is 9.59 Å². The number of nitrogens with one attached hydrogen (secondary N) is 1. The molecule has 11 nitrogen and oxygen atoms in total. The van der Waals surface area contributed by atoms with Gasteiger partial charge in [-0.1, -0.05) is 0 Å². The molecular formula is C26H33N5O6. The Labute approximate surface area is 215 Å². The third kappa shape index (κ3) is 5.61. The molecule has 0 spiro atoms. The van der Waals surface area contributed by atoms with Crippen molar-refractivity contribution in [2.24, 2.45) is 0 Å². The van der Waals surface area contributed by atoms with Crippen LogP contribution in [0.15, 0.2) is 41.9 Å². The molecule has 2 aliphatic heterocycles. The zero-order valence-electron chi connectivity index (χ0n) is 21.6. The van der Waals surface area contributed by atoms with Crippen LogP contribution >= 0.6 is 0 Å². The van der Waals surface area contributed by atoms with Gasteiger partial charge in [0.05, 0.1) is 25.8 Å². The number of anilines is 2. The molecule has 0 radical (unpaired) electrons. The second kappa shape index (κ2) is 10.6. The Hall–Kier alpha value is -3.86. The van der Waals surface area contributed by atoms with Crippen molar-refractivity contribution in [1.29, 1.82) is 0 Å². The maximum absolute atomic E-state index is 13.0. The third-order valence-corrected chi connectivity index (χ3v) is 6.28. The van der Waals surface area contributed by atoms with Crippen molar-refractivity contribution in [3.05, 3.63) is 41.9 Å². The number of pyridine rings is 1. The average molecular weight is 512 g/mol. The first-order chi connectivity index (χ1) is 17.6. The van der Waals surface area contributed by atoms with Gasteiger partial charge in [-0.15, -0.1) is 0 Å². The molecule has 0 aliphatic carbocycles. The van der Waals surface area contributed by atoms with Crippen molar-refractivity contribution in [2.75, 3.05) is 63.2 Å². The highest BCUT2D eigenvalue weighted by Crippen LogP contribution is 2.34. The number of aliphatic hydroxyl groups is 1. The van der Waals surface area contributed by atoms with Gasteiger partial charge in [-0.2, -0.15) is 0 Å². The van der Waals surface area contributed by atoms with E-state index in [9.17, 15) is 19.5 Å². The molecule has 2 aliphatic rings. The molecule has 198 valence electrons. The second-order valence-electron chi connectivity index (χ2n) is 9.93. The summed E-state index contributed by atoms with van der Waals surface area (Å²) >= 11 is 0. The highest BCUT2D eigenvalue weighted by Gasteiger charge is 2.35. The zero-order valence-corrected chi connectivity index (χ0v) is 21.6. The lowest BCUT2D eigenvalue weighted by atomic mass is 10.1. The summed E-state index contributed by atoms with van der Waals surface area (Å²) in [4.78, 5) is 47.4. The standard InChI is InChI=1S/C26H33N5O6/c1-26(2,3)37-25(35)30-11-9-29(10-12-30)21-6-5-20(18-15-27-8-7-17(18)21)28-22-19(24(34)36-4)16-31(13-14-32)23(22)33/h5-8,15,28,32H,9-14,16H2,1-4H3. The fraction of sp³-hybridized carbons (Fsp3) is 0.462. The highest BCUT2D eigenvalue weighted by molar-refractivity contribution is 6.10. The van der Waals surface area contributed by atoms with Crippen LogP contribution < -0.4 is 10.2 Å². The smallest absolute Gasteiger partial charge is 0.410 e. The lowest BCUT2D eigenvalue weighted by Crippen LogP contribution is -2.50. The number of rotatable bonds is 6. The van der Waals surface area contributed by atoms with Gasteiger partial charge in [0.15, 0.2) is 0 Å². The summed E-state index contributed by atoms with van der Waals surface area (Å²) in [6, 6.07) is 5.71. The molecule has 1 aromatic heterocycles. The van der Waals surface area contributed by atoms with Crippen LogP contribution in [0.5, 0.6) is 0 Å². The number of piperazine rings is 1. The number of hydrogen-bond acceptors (Lipinski definition) is 9. The Morgan fingerprint density at radius 1 is 1.11 bits per heavy atom. The summed E-state index contributed by atoms with van der Waals surface area (Å²) in [7, 11) is 1.27. The largest absolute Gasteiger partial charge is 0.466 e. The minimum Gasteiger partial charge on any atom is -0.466 e. The molecule has 0 atom stereocenters. The summed E-state index contributed by atoms with van der Waals surface area (Å²) in [6.07, 6.45) is 3.10. The molecule has 4 rings (SSSR count). The van der Waals surface area contributed by atoms with Crippen LogP contribution in [0.1, 0.15) is 20.8 Å². The van der Waals surface area contributed by atoms with Gasteiger partial charge in [0.25, 0.3) is 5.91 Å². The Bertz CT molecular complexity index is 1230. The maximum Gasteiger partial charge on any atom is 0.410 e. The van der Waals surface area contributed by atoms with Gasteiger partial charge in [0, 0.05) is 67.3 Å². The minimum absolute atomic E-state index is 0.0601. The fourth-order valence-electron chi connectivity index (χ4n) is 4.50. The lowest BCUT2D eigenvalue weighted by molar-refractivity contribution is -0.136. The van der Waals surface area contributed by atoms with E-state index in [4.69, 9.17) is 9.47 Å². The number of amides is 2. The first-order valence-electron chi connectivity index (χ1n) is 12.2. The molecule has 11 heteroatoms. The summed E-state index contributed by atoms with van der Waals surface area (Å²) in [5, 5.41) is 14.1.